The van der Waals surface area contributed by atoms with Gasteiger partial charge in [-0.15, -0.1) is 0 Å². The van der Waals surface area contributed by atoms with E-state index in [-0.39, 0.29) is 5.56 Å². The molecule has 0 amide bonds. The highest BCUT2D eigenvalue weighted by Crippen LogP contribution is 2.30. The van der Waals surface area contributed by atoms with Crippen LogP contribution in [0.25, 0.3) is 16.8 Å². The zero-order chi connectivity index (χ0) is 15.3. The van der Waals surface area contributed by atoms with Gasteiger partial charge in [-0.3, -0.25) is 4.79 Å². The van der Waals surface area contributed by atoms with Gasteiger partial charge in [-0.05, 0) is 30.2 Å². The molecule has 0 radical (unpaired) electrons. The zero-order valence-corrected chi connectivity index (χ0v) is 12.2. The first-order chi connectivity index (χ1) is 10.6. The monoisotopic (exact) mass is 296 g/mol. The molecule has 0 bridgehead atoms. The summed E-state index contributed by atoms with van der Waals surface area (Å²) < 4.78 is 6.96. The van der Waals surface area contributed by atoms with Crippen LogP contribution in [0.4, 0.5) is 0 Å². The van der Waals surface area contributed by atoms with Crippen molar-refractivity contribution in [2.75, 3.05) is 13.2 Å². The summed E-state index contributed by atoms with van der Waals surface area (Å²) in [6, 6.07) is 11.3. The lowest BCUT2D eigenvalue weighted by molar-refractivity contribution is -0.184. The molecule has 2 N–H and O–H groups in total. The molecule has 1 aliphatic heterocycles. The third-order valence-corrected chi connectivity index (χ3v) is 4.28. The van der Waals surface area contributed by atoms with Gasteiger partial charge in [0.15, 0.2) is 0 Å². The molecule has 112 valence electrons. The molecule has 3 aromatic rings. The maximum Gasteiger partial charge on any atom is 0.272 e. The van der Waals surface area contributed by atoms with Crippen molar-refractivity contribution in [3.63, 3.8) is 0 Å². The van der Waals surface area contributed by atoms with Crippen LogP contribution < -0.4 is 5.56 Å². The van der Waals surface area contributed by atoms with E-state index in [1.807, 2.05) is 53.9 Å². The van der Waals surface area contributed by atoms with Crippen LogP contribution in [-0.4, -0.2) is 27.7 Å². The topological polar surface area (TPSA) is 66.7 Å². The maximum absolute atomic E-state index is 12.1. The Bertz CT molecular complexity index is 902. The number of aryl methyl sites for hydroxylation is 1. The van der Waals surface area contributed by atoms with Gasteiger partial charge in [0.05, 0.1) is 18.9 Å². The van der Waals surface area contributed by atoms with Gasteiger partial charge >= 0.3 is 0 Å². The Hall–Kier alpha value is -2.37. The zero-order valence-electron chi connectivity index (χ0n) is 12.2. The van der Waals surface area contributed by atoms with Gasteiger partial charge in [0.1, 0.15) is 11.1 Å². The Labute approximate surface area is 126 Å². The fourth-order valence-corrected chi connectivity index (χ4v) is 2.82. The highest BCUT2D eigenvalue weighted by molar-refractivity contribution is 5.61. The second-order valence-electron chi connectivity index (χ2n) is 5.83. The maximum atomic E-state index is 12.1. The Kier molecular flexibility index (Phi) is 2.76. The van der Waals surface area contributed by atoms with Crippen LogP contribution >= 0.6 is 0 Å². The number of aromatic amines is 1. The molecule has 0 spiro atoms. The molecule has 1 fully saturated rings. The number of rotatable bonds is 2. The molecule has 0 aliphatic carbocycles. The molecule has 3 heterocycles. The van der Waals surface area contributed by atoms with Crippen molar-refractivity contribution in [2.45, 2.75) is 12.5 Å². The predicted octanol–water partition coefficient (Wildman–Crippen LogP) is 1.82. The summed E-state index contributed by atoms with van der Waals surface area (Å²) in [6.07, 6.45) is 1.92. The van der Waals surface area contributed by atoms with E-state index in [4.69, 9.17) is 4.74 Å². The number of hydrogen-bond acceptors (Lipinski definition) is 3. The molecule has 2 aromatic heterocycles. The summed E-state index contributed by atoms with van der Waals surface area (Å²) >= 11 is 0. The van der Waals surface area contributed by atoms with Crippen molar-refractivity contribution in [2.24, 2.45) is 0 Å². The Morgan fingerprint density at radius 2 is 1.91 bits per heavy atom. The Morgan fingerprint density at radius 1 is 1.18 bits per heavy atom. The number of ether oxygens (including phenoxy) is 1. The fraction of sp³-hybridized carbons (Fsp3) is 0.235. The van der Waals surface area contributed by atoms with Gasteiger partial charge in [-0.1, -0.05) is 24.3 Å². The third-order valence-electron chi connectivity index (χ3n) is 4.28. The van der Waals surface area contributed by atoms with Gasteiger partial charge in [-0.25, -0.2) is 0 Å². The van der Waals surface area contributed by atoms with E-state index in [0.29, 0.717) is 18.7 Å². The van der Waals surface area contributed by atoms with Crippen molar-refractivity contribution in [1.82, 2.24) is 9.38 Å². The molecule has 1 aliphatic rings. The minimum atomic E-state index is -0.868. The summed E-state index contributed by atoms with van der Waals surface area (Å²) in [5.41, 5.74) is 3.16. The SMILES string of the molecule is Cc1ccc2c(=O)[nH]c(-c3ccc(C4(O)COC4)cc3)cn12. The largest absolute Gasteiger partial charge is 0.380 e. The third kappa shape index (κ3) is 1.90. The van der Waals surface area contributed by atoms with Gasteiger partial charge < -0.3 is 19.2 Å². The van der Waals surface area contributed by atoms with E-state index in [2.05, 4.69) is 4.98 Å². The molecular formula is C17H16N2O3. The number of nitrogens with one attached hydrogen (secondary N) is 1. The van der Waals surface area contributed by atoms with Crippen LogP contribution in [0.2, 0.25) is 0 Å². The highest BCUT2D eigenvalue weighted by atomic mass is 16.5. The second kappa shape index (κ2) is 4.56. The second-order valence-corrected chi connectivity index (χ2v) is 5.83. The standard InChI is InChI=1S/C17H16N2O3/c1-11-2-7-15-16(20)18-14(8-19(11)15)12-3-5-13(6-4-12)17(21)9-22-10-17/h2-8,21H,9-10H2,1H3,(H,18,20). The van der Waals surface area contributed by atoms with Crippen LogP contribution in [-0.2, 0) is 10.3 Å². The molecule has 1 aromatic carbocycles. The van der Waals surface area contributed by atoms with E-state index >= 15 is 0 Å². The normalized spacial score (nSPS) is 16.6. The summed E-state index contributed by atoms with van der Waals surface area (Å²) in [5, 5.41) is 10.2. The molecule has 5 nitrogen and oxygen atoms in total. The molecule has 1 saturated heterocycles. The van der Waals surface area contributed by atoms with Gasteiger partial charge in [0.2, 0.25) is 0 Å². The van der Waals surface area contributed by atoms with Crippen LogP contribution in [0.5, 0.6) is 0 Å². The summed E-state index contributed by atoms with van der Waals surface area (Å²) in [5.74, 6) is 0. The number of H-pyrrole nitrogens is 1. The van der Waals surface area contributed by atoms with Crippen LogP contribution in [0.3, 0.4) is 0 Å². The fourth-order valence-electron chi connectivity index (χ4n) is 2.82. The van der Waals surface area contributed by atoms with E-state index in [1.165, 1.54) is 0 Å². The van der Waals surface area contributed by atoms with Crippen molar-refractivity contribution in [3.05, 3.63) is 64.2 Å². The lowest BCUT2D eigenvalue weighted by Crippen LogP contribution is -2.46. The van der Waals surface area contributed by atoms with Crippen LogP contribution in [0.1, 0.15) is 11.3 Å². The first-order valence-corrected chi connectivity index (χ1v) is 7.19. The highest BCUT2D eigenvalue weighted by Gasteiger charge is 2.37. The van der Waals surface area contributed by atoms with Crippen molar-refractivity contribution in [1.29, 1.82) is 0 Å². The predicted molar refractivity (Wildman–Crippen MR) is 82.9 cm³/mol. The molecule has 4 rings (SSSR count). The molecule has 5 heteroatoms. The van der Waals surface area contributed by atoms with E-state index in [0.717, 1.165) is 22.5 Å². The van der Waals surface area contributed by atoms with E-state index in [9.17, 15) is 9.90 Å². The number of fused-ring (bicyclic) bond motifs is 1. The number of aromatic nitrogens is 2. The van der Waals surface area contributed by atoms with E-state index in [1.54, 1.807) is 0 Å². The molecule has 0 saturated carbocycles. The smallest absolute Gasteiger partial charge is 0.272 e. The van der Waals surface area contributed by atoms with Crippen LogP contribution in [0.15, 0.2) is 47.4 Å². The summed E-state index contributed by atoms with van der Waals surface area (Å²) in [4.78, 5) is 15.0. The average Bonchev–Trinajstić information content (AvgIpc) is 2.87. The first kappa shape index (κ1) is 13.3. The quantitative estimate of drug-likeness (QED) is 0.758. The number of aliphatic hydroxyl groups is 1. The lowest BCUT2D eigenvalue weighted by atomic mass is 9.91. The van der Waals surface area contributed by atoms with Crippen molar-refractivity contribution >= 4 is 5.52 Å². The van der Waals surface area contributed by atoms with E-state index < -0.39 is 5.60 Å². The lowest BCUT2D eigenvalue weighted by Gasteiger charge is -2.36. The van der Waals surface area contributed by atoms with Gasteiger partial charge in [-0.2, -0.15) is 0 Å². The van der Waals surface area contributed by atoms with Gasteiger partial charge in [0, 0.05) is 11.9 Å². The average molecular weight is 296 g/mol. The van der Waals surface area contributed by atoms with Crippen molar-refractivity contribution in [3.8, 4) is 11.3 Å². The number of hydrogen-bond donors (Lipinski definition) is 2. The summed E-state index contributed by atoms with van der Waals surface area (Å²) in [6.45, 7) is 2.63. The van der Waals surface area contributed by atoms with Crippen LogP contribution in [0, 0.1) is 6.92 Å². The number of nitrogens with zero attached hydrogens (tertiary/aromatic N) is 1. The van der Waals surface area contributed by atoms with Crippen molar-refractivity contribution < 1.29 is 9.84 Å². The first-order valence-electron chi connectivity index (χ1n) is 7.19. The Balaban J connectivity index is 1.78. The molecule has 0 unspecified atom stereocenters. The number of benzene rings is 1. The minimum absolute atomic E-state index is 0.110. The molecular weight excluding hydrogens is 280 g/mol. The van der Waals surface area contributed by atoms with Gasteiger partial charge in [0.25, 0.3) is 5.56 Å². The minimum Gasteiger partial charge on any atom is -0.380 e. The molecule has 22 heavy (non-hydrogen) atoms. The summed E-state index contributed by atoms with van der Waals surface area (Å²) in [7, 11) is 0. The Morgan fingerprint density at radius 3 is 2.55 bits per heavy atom. The molecule has 0 atom stereocenters.